The van der Waals surface area contributed by atoms with Gasteiger partial charge in [-0.25, -0.2) is 14.2 Å². The van der Waals surface area contributed by atoms with Crippen LogP contribution in [0.15, 0.2) is 51.8 Å². The van der Waals surface area contributed by atoms with Gasteiger partial charge in [-0.15, -0.1) is 0 Å². The summed E-state index contributed by atoms with van der Waals surface area (Å²) in [7, 11) is 1.57. The molecule has 0 bridgehead atoms. The van der Waals surface area contributed by atoms with Gasteiger partial charge in [-0.2, -0.15) is 0 Å². The highest BCUT2D eigenvalue weighted by atomic mass is 19.1. The Hall–Kier alpha value is -3.98. The van der Waals surface area contributed by atoms with Crippen molar-refractivity contribution in [2.45, 2.75) is 46.6 Å². The number of aromatic amines is 1. The number of benzene rings is 2. The third kappa shape index (κ3) is 6.06. The Morgan fingerprint density at radius 3 is 2.59 bits per heavy atom. The molecule has 0 radical (unpaired) electrons. The van der Waals surface area contributed by atoms with Crippen molar-refractivity contribution in [2.75, 3.05) is 13.9 Å². The van der Waals surface area contributed by atoms with E-state index >= 15 is 4.39 Å². The Kier molecular flexibility index (Phi) is 8.35. The molecule has 0 saturated carbocycles. The zero-order valence-electron chi connectivity index (χ0n) is 21.4. The second-order valence-corrected chi connectivity index (χ2v) is 8.57. The SMILES string of the molecule is CCc1cccc(-c2nc(Cc3c(CC)cc(OCc4noc(=O)[nH]4)c(F)c3C)ccc2OCOC)c1. The van der Waals surface area contributed by atoms with E-state index in [1.807, 2.05) is 31.2 Å². The Balaban J connectivity index is 1.67. The van der Waals surface area contributed by atoms with Gasteiger partial charge in [0.15, 0.2) is 24.2 Å². The first kappa shape index (κ1) is 26.1. The number of H-pyrrole nitrogens is 1. The molecule has 0 spiro atoms. The van der Waals surface area contributed by atoms with Gasteiger partial charge in [0.25, 0.3) is 0 Å². The van der Waals surface area contributed by atoms with Crippen LogP contribution in [0.1, 0.15) is 47.6 Å². The normalized spacial score (nSPS) is 11.1. The number of hydrogen-bond acceptors (Lipinski definition) is 7. The first-order chi connectivity index (χ1) is 17.9. The molecule has 0 amide bonds. The summed E-state index contributed by atoms with van der Waals surface area (Å²) in [6, 6.07) is 13.6. The van der Waals surface area contributed by atoms with Gasteiger partial charge in [0.05, 0.1) is 0 Å². The Bertz CT molecular complexity index is 1430. The highest BCUT2D eigenvalue weighted by molar-refractivity contribution is 5.67. The number of pyridine rings is 1. The van der Waals surface area contributed by atoms with E-state index in [1.165, 1.54) is 5.56 Å². The summed E-state index contributed by atoms with van der Waals surface area (Å²) >= 11 is 0. The Labute approximate surface area is 214 Å². The molecule has 1 N–H and O–H groups in total. The van der Waals surface area contributed by atoms with Crippen molar-refractivity contribution in [2.24, 2.45) is 0 Å². The summed E-state index contributed by atoms with van der Waals surface area (Å²) in [5, 5.41) is 3.55. The number of rotatable bonds is 11. The quantitative estimate of drug-likeness (QED) is 0.280. The molecule has 0 saturated heterocycles. The van der Waals surface area contributed by atoms with Crippen molar-refractivity contribution in [3.05, 3.63) is 92.6 Å². The van der Waals surface area contributed by atoms with Crippen LogP contribution in [0, 0.1) is 12.7 Å². The van der Waals surface area contributed by atoms with Crippen LogP contribution < -0.4 is 15.2 Å². The first-order valence-corrected chi connectivity index (χ1v) is 12.1. The van der Waals surface area contributed by atoms with E-state index in [4.69, 9.17) is 19.2 Å². The van der Waals surface area contributed by atoms with Crippen molar-refractivity contribution in [1.82, 2.24) is 15.1 Å². The smallest absolute Gasteiger partial charge is 0.439 e. The van der Waals surface area contributed by atoms with E-state index in [0.29, 0.717) is 29.8 Å². The van der Waals surface area contributed by atoms with Gasteiger partial charge in [0, 0.05) is 24.8 Å². The van der Waals surface area contributed by atoms with Crippen LogP contribution >= 0.6 is 0 Å². The third-order valence-electron chi connectivity index (χ3n) is 6.14. The lowest BCUT2D eigenvalue weighted by Gasteiger charge is -2.17. The summed E-state index contributed by atoms with van der Waals surface area (Å²) in [5.41, 5.74) is 5.92. The van der Waals surface area contributed by atoms with Crippen molar-refractivity contribution >= 4 is 0 Å². The van der Waals surface area contributed by atoms with Gasteiger partial charge in [-0.05, 0) is 66.3 Å². The summed E-state index contributed by atoms with van der Waals surface area (Å²) in [5.74, 6) is -0.257. The molecule has 0 aliphatic rings. The van der Waals surface area contributed by atoms with Crippen LogP contribution in [0.2, 0.25) is 0 Å². The predicted octanol–water partition coefficient (Wildman–Crippen LogP) is 5.15. The molecule has 0 unspecified atom stereocenters. The zero-order chi connectivity index (χ0) is 26.4. The molecule has 0 atom stereocenters. The van der Waals surface area contributed by atoms with E-state index < -0.39 is 11.6 Å². The molecule has 2 aromatic heterocycles. The minimum absolute atomic E-state index is 0.0929. The molecule has 194 valence electrons. The highest BCUT2D eigenvalue weighted by Gasteiger charge is 2.18. The first-order valence-electron chi connectivity index (χ1n) is 12.1. The topological polar surface area (TPSA) is 99.5 Å². The second-order valence-electron chi connectivity index (χ2n) is 8.57. The van der Waals surface area contributed by atoms with Gasteiger partial charge in [-0.3, -0.25) is 9.51 Å². The van der Waals surface area contributed by atoms with Crippen molar-refractivity contribution in [1.29, 1.82) is 0 Å². The molecule has 2 heterocycles. The van der Waals surface area contributed by atoms with E-state index in [2.05, 4.69) is 33.7 Å². The Morgan fingerprint density at radius 2 is 1.89 bits per heavy atom. The van der Waals surface area contributed by atoms with Crippen LogP contribution in [-0.4, -0.2) is 29.0 Å². The molecule has 0 aliphatic carbocycles. The average Bonchev–Trinajstić information content (AvgIpc) is 3.34. The monoisotopic (exact) mass is 507 g/mol. The van der Waals surface area contributed by atoms with Gasteiger partial charge >= 0.3 is 5.76 Å². The lowest BCUT2D eigenvalue weighted by Crippen LogP contribution is -2.08. The van der Waals surface area contributed by atoms with Crippen molar-refractivity contribution in [3.63, 3.8) is 0 Å². The number of hydrogen-bond donors (Lipinski definition) is 1. The van der Waals surface area contributed by atoms with Gasteiger partial charge in [0.1, 0.15) is 18.1 Å². The highest BCUT2D eigenvalue weighted by Crippen LogP contribution is 2.33. The van der Waals surface area contributed by atoms with Gasteiger partial charge in [-0.1, -0.05) is 37.2 Å². The maximum atomic E-state index is 15.3. The molecular weight excluding hydrogens is 477 g/mol. The maximum absolute atomic E-state index is 15.3. The van der Waals surface area contributed by atoms with Gasteiger partial charge in [0.2, 0.25) is 0 Å². The summed E-state index contributed by atoms with van der Waals surface area (Å²) in [6.45, 7) is 5.83. The van der Waals surface area contributed by atoms with Crippen LogP contribution in [0.5, 0.6) is 11.5 Å². The number of nitrogens with zero attached hydrogens (tertiary/aromatic N) is 2. The average molecular weight is 508 g/mol. The number of aryl methyl sites for hydroxylation is 2. The third-order valence-corrected chi connectivity index (χ3v) is 6.14. The van der Waals surface area contributed by atoms with Crippen LogP contribution in [-0.2, 0) is 30.6 Å². The maximum Gasteiger partial charge on any atom is 0.439 e. The van der Waals surface area contributed by atoms with E-state index in [9.17, 15) is 4.79 Å². The van der Waals surface area contributed by atoms with Crippen molar-refractivity contribution in [3.8, 4) is 22.8 Å². The zero-order valence-corrected chi connectivity index (χ0v) is 21.4. The van der Waals surface area contributed by atoms with E-state index in [1.54, 1.807) is 20.1 Å². The van der Waals surface area contributed by atoms with E-state index in [-0.39, 0.29) is 25.0 Å². The standard InChI is InChI=1S/C28H30FN3O5/c1-5-18-8-7-9-20(12-18)27-23(36-16-34-4)11-10-21(30-27)14-22-17(3)26(29)24(13-19(22)6-2)35-15-25-31-28(33)37-32-25/h7-13H,5-6,14-16H2,1-4H3,(H,31,32,33). The minimum atomic E-state index is -0.688. The summed E-state index contributed by atoms with van der Waals surface area (Å²) in [6.07, 6.45) is 2.02. The lowest BCUT2D eigenvalue weighted by atomic mass is 9.94. The molecule has 4 aromatic rings. The number of methoxy groups -OCH3 is 1. The van der Waals surface area contributed by atoms with Gasteiger partial charge < -0.3 is 14.2 Å². The largest absolute Gasteiger partial charge is 0.482 e. The van der Waals surface area contributed by atoms with Crippen LogP contribution in [0.4, 0.5) is 4.39 Å². The van der Waals surface area contributed by atoms with E-state index in [0.717, 1.165) is 28.8 Å². The number of aromatic nitrogens is 3. The number of nitrogens with one attached hydrogen (secondary N) is 1. The molecule has 0 aliphatic heterocycles. The molecule has 37 heavy (non-hydrogen) atoms. The van der Waals surface area contributed by atoms with Crippen molar-refractivity contribution < 1.29 is 23.1 Å². The molecule has 2 aromatic carbocycles. The molecule has 8 nitrogen and oxygen atoms in total. The van der Waals surface area contributed by atoms with Crippen LogP contribution in [0.3, 0.4) is 0 Å². The molecular formula is C28H30FN3O5. The summed E-state index contributed by atoms with van der Waals surface area (Å²) < 4.78 is 36.3. The number of ether oxygens (including phenoxy) is 3. The van der Waals surface area contributed by atoms with Crippen LogP contribution in [0.25, 0.3) is 11.3 Å². The molecule has 0 fully saturated rings. The molecule has 4 rings (SSSR count). The fourth-order valence-electron chi connectivity index (χ4n) is 4.15. The second kappa shape index (κ2) is 11.8. The number of halogens is 1. The summed E-state index contributed by atoms with van der Waals surface area (Å²) in [4.78, 5) is 18.4. The predicted molar refractivity (Wildman–Crippen MR) is 136 cm³/mol. The lowest BCUT2D eigenvalue weighted by molar-refractivity contribution is 0.0513. The fraction of sp³-hybridized carbons (Fsp3) is 0.321. The fourth-order valence-corrected chi connectivity index (χ4v) is 4.15. The molecule has 9 heteroatoms. The minimum Gasteiger partial charge on any atom is -0.482 e. The Morgan fingerprint density at radius 1 is 1.05 bits per heavy atom.